The monoisotopic (exact) mass is 242 g/mol. The SMILES string of the molecule is C.CCCCCCC(=O)N1CCC(CN)CC1. The maximum Gasteiger partial charge on any atom is 0.222 e. The van der Waals surface area contributed by atoms with E-state index >= 15 is 0 Å². The minimum atomic E-state index is 0. The van der Waals surface area contributed by atoms with Gasteiger partial charge in [-0.15, -0.1) is 0 Å². The third-order valence-electron chi connectivity index (χ3n) is 3.54. The zero-order valence-corrected chi connectivity index (χ0v) is 10.6. The topological polar surface area (TPSA) is 46.3 Å². The molecular weight excluding hydrogens is 212 g/mol. The Kier molecular flexibility index (Phi) is 9.14. The molecule has 0 aromatic carbocycles. The summed E-state index contributed by atoms with van der Waals surface area (Å²) >= 11 is 0. The highest BCUT2D eigenvalue weighted by molar-refractivity contribution is 5.76. The first-order valence-electron chi connectivity index (χ1n) is 6.75. The second kappa shape index (κ2) is 9.46. The van der Waals surface area contributed by atoms with Crippen LogP contribution in [0.4, 0.5) is 0 Å². The van der Waals surface area contributed by atoms with Gasteiger partial charge in [0.05, 0.1) is 0 Å². The molecule has 0 bridgehead atoms. The smallest absolute Gasteiger partial charge is 0.222 e. The van der Waals surface area contributed by atoms with Gasteiger partial charge in [0, 0.05) is 19.5 Å². The Morgan fingerprint density at radius 3 is 2.41 bits per heavy atom. The fraction of sp³-hybridized carbons (Fsp3) is 0.929. The van der Waals surface area contributed by atoms with Gasteiger partial charge in [0.2, 0.25) is 5.91 Å². The van der Waals surface area contributed by atoms with Crippen molar-refractivity contribution in [3.05, 3.63) is 0 Å². The van der Waals surface area contributed by atoms with Crippen LogP contribution in [0.5, 0.6) is 0 Å². The summed E-state index contributed by atoms with van der Waals surface area (Å²) in [5, 5.41) is 0. The third kappa shape index (κ3) is 6.06. The molecule has 1 aliphatic heterocycles. The average Bonchev–Trinajstić information content (AvgIpc) is 2.34. The molecule has 1 amide bonds. The van der Waals surface area contributed by atoms with Gasteiger partial charge >= 0.3 is 0 Å². The van der Waals surface area contributed by atoms with E-state index in [0.29, 0.717) is 11.8 Å². The summed E-state index contributed by atoms with van der Waals surface area (Å²) in [6, 6.07) is 0. The van der Waals surface area contributed by atoms with Crippen LogP contribution in [-0.4, -0.2) is 30.4 Å². The molecule has 1 aliphatic rings. The number of hydrogen-bond acceptors (Lipinski definition) is 2. The van der Waals surface area contributed by atoms with Crippen molar-refractivity contribution in [3.63, 3.8) is 0 Å². The molecule has 102 valence electrons. The van der Waals surface area contributed by atoms with Crippen molar-refractivity contribution in [2.24, 2.45) is 11.7 Å². The van der Waals surface area contributed by atoms with E-state index in [1.54, 1.807) is 0 Å². The molecule has 0 unspecified atom stereocenters. The van der Waals surface area contributed by atoms with Gasteiger partial charge in [-0.2, -0.15) is 0 Å². The number of unbranched alkanes of at least 4 members (excludes halogenated alkanes) is 3. The molecule has 3 heteroatoms. The predicted octanol–water partition coefficient (Wildman–Crippen LogP) is 2.79. The molecule has 0 radical (unpaired) electrons. The van der Waals surface area contributed by atoms with E-state index in [1.807, 2.05) is 4.90 Å². The van der Waals surface area contributed by atoms with Crippen molar-refractivity contribution in [2.45, 2.75) is 59.3 Å². The van der Waals surface area contributed by atoms with Crippen LogP contribution in [0.15, 0.2) is 0 Å². The summed E-state index contributed by atoms with van der Waals surface area (Å²) in [6.07, 6.45) is 7.67. The molecule has 2 N–H and O–H groups in total. The molecule has 0 aromatic rings. The van der Waals surface area contributed by atoms with E-state index < -0.39 is 0 Å². The predicted molar refractivity (Wildman–Crippen MR) is 73.8 cm³/mol. The van der Waals surface area contributed by atoms with E-state index in [2.05, 4.69) is 6.92 Å². The van der Waals surface area contributed by atoms with Crippen LogP contribution in [0, 0.1) is 5.92 Å². The summed E-state index contributed by atoms with van der Waals surface area (Å²) in [6.45, 7) is 4.82. The van der Waals surface area contributed by atoms with Crippen molar-refractivity contribution in [3.8, 4) is 0 Å². The van der Waals surface area contributed by atoms with Crippen molar-refractivity contribution in [1.82, 2.24) is 4.90 Å². The van der Waals surface area contributed by atoms with E-state index in [9.17, 15) is 4.79 Å². The molecule has 1 saturated heterocycles. The molecule has 1 rings (SSSR count). The fourth-order valence-corrected chi connectivity index (χ4v) is 2.28. The van der Waals surface area contributed by atoms with E-state index in [1.165, 1.54) is 19.3 Å². The second-order valence-corrected chi connectivity index (χ2v) is 4.87. The highest BCUT2D eigenvalue weighted by atomic mass is 16.2. The van der Waals surface area contributed by atoms with Crippen molar-refractivity contribution in [1.29, 1.82) is 0 Å². The van der Waals surface area contributed by atoms with Gasteiger partial charge in [-0.25, -0.2) is 0 Å². The minimum absolute atomic E-state index is 0. The van der Waals surface area contributed by atoms with Gasteiger partial charge in [0.1, 0.15) is 0 Å². The average molecular weight is 242 g/mol. The van der Waals surface area contributed by atoms with Crippen LogP contribution in [0.3, 0.4) is 0 Å². The Morgan fingerprint density at radius 2 is 1.88 bits per heavy atom. The van der Waals surface area contributed by atoms with E-state index in [-0.39, 0.29) is 7.43 Å². The lowest BCUT2D eigenvalue weighted by atomic mass is 9.97. The Labute approximate surface area is 107 Å². The number of carbonyl (C=O) groups excluding carboxylic acids is 1. The zero-order valence-electron chi connectivity index (χ0n) is 10.6. The highest BCUT2D eigenvalue weighted by Crippen LogP contribution is 2.17. The van der Waals surface area contributed by atoms with Crippen LogP contribution < -0.4 is 5.73 Å². The quantitative estimate of drug-likeness (QED) is 0.728. The van der Waals surface area contributed by atoms with Crippen LogP contribution in [0.2, 0.25) is 0 Å². The number of likely N-dealkylation sites (tertiary alicyclic amines) is 1. The number of nitrogens with zero attached hydrogens (tertiary/aromatic N) is 1. The second-order valence-electron chi connectivity index (χ2n) is 4.87. The first-order chi connectivity index (χ1) is 7.77. The molecule has 0 saturated carbocycles. The molecule has 0 atom stereocenters. The van der Waals surface area contributed by atoms with Gasteiger partial charge in [-0.1, -0.05) is 33.6 Å². The zero-order chi connectivity index (χ0) is 11.8. The number of nitrogens with two attached hydrogens (primary N) is 1. The first kappa shape index (κ1) is 16.4. The van der Waals surface area contributed by atoms with Crippen LogP contribution >= 0.6 is 0 Å². The molecule has 0 aliphatic carbocycles. The maximum absolute atomic E-state index is 11.9. The van der Waals surface area contributed by atoms with Crippen molar-refractivity contribution < 1.29 is 4.79 Å². The standard InChI is InChI=1S/C13H26N2O.CH4/c1-2-3-4-5-6-13(16)15-9-7-12(11-14)8-10-15;/h12H,2-11,14H2,1H3;1H4. The number of rotatable bonds is 6. The third-order valence-corrected chi connectivity index (χ3v) is 3.54. The summed E-state index contributed by atoms with van der Waals surface area (Å²) in [7, 11) is 0. The number of carbonyl (C=O) groups is 1. The molecular formula is C14H30N2O. The van der Waals surface area contributed by atoms with Gasteiger partial charge in [-0.05, 0) is 31.7 Å². The van der Waals surface area contributed by atoms with E-state index in [4.69, 9.17) is 5.73 Å². The summed E-state index contributed by atoms with van der Waals surface area (Å²) < 4.78 is 0. The summed E-state index contributed by atoms with van der Waals surface area (Å²) in [5.41, 5.74) is 5.63. The van der Waals surface area contributed by atoms with Crippen LogP contribution in [0.25, 0.3) is 0 Å². The lowest BCUT2D eigenvalue weighted by Crippen LogP contribution is -2.39. The van der Waals surface area contributed by atoms with E-state index in [0.717, 1.165) is 45.3 Å². The molecule has 1 fully saturated rings. The Bertz CT molecular complexity index is 198. The van der Waals surface area contributed by atoms with Crippen molar-refractivity contribution >= 4 is 5.91 Å². The van der Waals surface area contributed by atoms with Gasteiger partial charge in [-0.3, -0.25) is 4.79 Å². The first-order valence-corrected chi connectivity index (χ1v) is 6.75. The number of amides is 1. The molecule has 0 aromatic heterocycles. The molecule has 3 nitrogen and oxygen atoms in total. The number of hydrogen-bond donors (Lipinski definition) is 1. The molecule has 17 heavy (non-hydrogen) atoms. The maximum atomic E-state index is 11.9. The van der Waals surface area contributed by atoms with Crippen LogP contribution in [-0.2, 0) is 4.79 Å². The molecule has 0 spiro atoms. The van der Waals surface area contributed by atoms with Crippen LogP contribution in [0.1, 0.15) is 59.3 Å². The largest absolute Gasteiger partial charge is 0.343 e. The lowest BCUT2D eigenvalue weighted by molar-refractivity contribution is -0.132. The summed E-state index contributed by atoms with van der Waals surface area (Å²) in [4.78, 5) is 13.9. The van der Waals surface area contributed by atoms with Crippen molar-refractivity contribution in [2.75, 3.05) is 19.6 Å². The lowest BCUT2D eigenvalue weighted by Gasteiger charge is -2.31. The molecule has 1 heterocycles. The Balaban J connectivity index is 0.00000256. The van der Waals surface area contributed by atoms with Gasteiger partial charge < -0.3 is 10.6 Å². The van der Waals surface area contributed by atoms with Gasteiger partial charge in [0.25, 0.3) is 0 Å². The fourth-order valence-electron chi connectivity index (χ4n) is 2.28. The highest BCUT2D eigenvalue weighted by Gasteiger charge is 2.21. The number of piperidine rings is 1. The normalized spacial score (nSPS) is 16.7. The Hall–Kier alpha value is -0.570. The minimum Gasteiger partial charge on any atom is -0.343 e. The Morgan fingerprint density at radius 1 is 1.24 bits per heavy atom. The van der Waals surface area contributed by atoms with Gasteiger partial charge in [0.15, 0.2) is 0 Å². The summed E-state index contributed by atoms with van der Waals surface area (Å²) in [5.74, 6) is 0.996.